The lowest BCUT2D eigenvalue weighted by atomic mass is 9.78. The summed E-state index contributed by atoms with van der Waals surface area (Å²) in [5, 5.41) is 23.6. The number of hydrogen-bond acceptors (Lipinski definition) is 2. The van der Waals surface area contributed by atoms with Gasteiger partial charge < -0.3 is 10.2 Å². The number of hydrogen-bond donors (Lipinski definition) is 2. The molecular weight excluding hydrogens is 416 g/mol. The van der Waals surface area contributed by atoms with Crippen LogP contribution in [-0.2, 0) is 5.60 Å². The van der Waals surface area contributed by atoms with Gasteiger partial charge in [-0.05, 0) is 38.9 Å². The van der Waals surface area contributed by atoms with Crippen LogP contribution in [0.1, 0.15) is 22.8 Å². The van der Waals surface area contributed by atoms with Gasteiger partial charge in [-0.3, -0.25) is 0 Å². The Bertz CT molecular complexity index is 1240. The second-order valence-corrected chi connectivity index (χ2v) is 8.47. The topological polar surface area (TPSA) is 40.5 Å². The highest BCUT2D eigenvalue weighted by Crippen LogP contribution is 2.42. The van der Waals surface area contributed by atoms with E-state index in [1.807, 2.05) is 115 Å². The first-order chi connectivity index (χ1) is 16.7. The Kier molecular flexibility index (Phi) is 6.09. The molecule has 0 bridgehead atoms. The van der Waals surface area contributed by atoms with Gasteiger partial charge in [-0.15, -0.1) is 0 Å². The van der Waals surface area contributed by atoms with E-state index < -0.39 is 11.7 Å². The number of aliphatic hydroxyl groups excluding tert-OH is 1. The Labute approximate surface area is 200 Å². The lowest BCUT2D eigenvalue weighted by Crippen LogP contribution is -2.35. The average molecular weight is 443 g/mol. The molecule has 166 valence electrons. The molecule has 5 rings (SSSR count). The summed E-state index contributed by atoms with van der Waals surface area (Å²) >= 11 is 0. The maximum Gasteiger partial charge on any atom is 0.145 e. The Morgan fingerprint density at radius 3 is 1.12 bits per heavy atom. The van der Waals surface area contributed by atoms with Gasteiger partial charge >= 0.3 is 0 Å². The van der Waals surface area contributed by atoms with E-state index >= 15 is 0 Å². The van der Waals surface area contributed by atoms with Crippen LogP contribution in [0.3, 0.4) is 0 Å². The lowest BCUT2D eigenvalue weighted by Gasteiger charge is -2.35. The van der Waals surface area contributed by atoms with Crippen LogP contribution in [0, 0.1) is 0 Å². The average Bonchev–Trinajstić information content (AvgIpc) is 2.94. The van der Waals surface area contributed by atoms with E-state index in [1.54, 1.807) is 0 Å². The molecular formula is C32H26O2. The third kappa shape index (κ3) is 4.17. The monoisotopic (exact) mass is 442 g/mol. The second-order valence-electron chi connectivity index (χ2n) is 8.47. The summed E-state index contributed by atoms with van der Waals surface area (Å²) in [5.41, 5.74) is 4.63. The first-order valence-corrected chi connectivity index (χ1v) is 11.4. The summed E-state index contributed by atoms with van der Waals surface area (Å²) in [4.78, 5) is 0. The van der Waals surface area contributed by atoms with Crippen molar-refractivity contribution >= 4 is 0 Å². The van der Waals surface area contributed by atoms with Crippen molar-refractivity contribution in [3.05, 3.63) is 156 Å². The Hall–Kier alpha value is -3.98. The molecule has 2 N–H and O–H groups in total. The molecule has 0 heterocycles. The van der Waals surface area contributed by atoms with E-state index in [4.69, 9.17) is 0 Å². The summed E-state index contributed by atoms with van der Waals surface area (Å²) < 4.78 is 0. The second kappa shape index (κ2) is 9.48. The van der Waals surface area contributed by atoms with Crippen LogP contribution in [0.5, 0.6) is 0 Å². The molecule has 0 aliphatic carbocycles. The predicted molar refractivity (Wildman–Crippen MR) is 138 cm³/mol. The molecule has 0 saturated heterocycles. The molecule has 5 aromatic rings. The van der Waals surface area contributed by atoms with Gasteiger partial charge in [-0.25, -0.2) is 0 Å². The Balaban J connectivity index is 1.58. The minimum absolute atomic E-state index is 0.635. The van der Waals surface area contributed by atoms with Crippen molar-refractivity contribution in [1.82, 2.24) is 0 Å². The Morgan fingerprint density at radius 2 is 0.735 bits per heavy atom. The van der Waals surface area contributed by atoms with Crippen molar-refractivity contribution in [2.45, 2.75) is 11.7 Å². The minimum atomic E-state index is -1.62. The molecule has 0 radical (unpaired) electrons. The van der Waals surface area contributed by atoms with Crippen LogP contribution >= 0.6 is 0 Å². The predicted octanol–water partition coefficient (Wildman–Crippen LogP) is 6.99. The van der Waals surface area contributed by atoms with Crippen LogP contribution in [-0.4, -0.2) is 10.2 Å². The third-order valence-corrected chi connectivity index (χ3v) is 6.38. The van der Waals surface area contributed by atoms with E-state index in [0.29, 0.717) is 16.7 Å². The van der Waals surface area contributed by atoms with Gasteiger partial charge in [0.1, 0.15) is 11.7 Å². The molecule has 0 amide bonds. The van der Waals surface area contributed by atoms with Gasteiger partial charge in [0.15, 0.2) is 0 Å². The molecule has 2 heteroatoms. The van der Waals surface area contributed by atoms with Crippen LogP contribution in [0.25, 0.3) is 22.3 Å². The van der Waals surface area contributed by atoms with Gasteiger partial charge in [0.2, 0.25) is 0 Å². The van der Waals surface area contributed by atoms with Crippen molar-refractivity contribution in [2.75, 3.05) is 0 Å². The molecule has 0 aromatic heterocycles. The largest absolute Gasteiger partial charge is 0.385 e. The van der Waals surface area contributed by atoms with Crippen LogP contribution < -0.4 is 0 Å². The molecule has 5 aromatic carbocycles. The third-order valence-electron chi connectivity index (χ3n) is 6.38. The number of rotatable bonds is 6. The van der Waals surface area contributed by atoms with Gasteiger partial charge in [-0.1, -0.05) is 140 Å². The van der Waals surface area contributed by atoms with Crippen molar-refractivity contribution in [3.63, 3.8) is 0 Å². The van der Waals surface area contributed by atoms with Crippen LogP contribution in [0.15, 0.2) is 140 Å². The summed E-state index contributed by atoms with van der Waals surface area (Å²) in [7, 11) is 0. The minimum Gasteiger partial charge on any atom is -0.385 e. The molecule has 2 nitrogen and oxygen atoms in total. The zero-order valence-corrected chi connectivity index (χ0v) is 18.8. The summed E-state index contributed by atoms with van der Waals surface area (Å²) in [6.45, 7) is 0. The molecule has 0 fully saturated rings. The molecule has 34 heavy (non-hydrogen) atoms. The number of benzene rings is 5. The van der Waals surface area contributed by atoms with Crippen LogP contribution in [0.4, 0.5) is 0 Å². The summed E-state index contributed by atoms with van der Waals surface area (Å²) in [5.74, 6) is 0. The van der Waals surface area contributed by atoms with Gasteiger partial charge in [0.05, 0.1) is 0 Å². The van der Waals surface area contributed by atoms with Crippen molar-refractivity contribution in [2.24, 2.45) is 0 Å². The van der Waals surface area contributed by atoms with Crippen LogP contribution in [0.2, 0.25) is 0 Å². The molecule has 1 atom stereocenters. The van der Waals surface area contributed by atoms with E-state index in [9.17, 15) is 10.2 Å². The zero-order valence-electron chi connectivity index (χ0n) is 18.8. The first kappa shape index (κ1) is 21.8. The van der Waals surface area contributed by atoms with Gasteiger partial charge in [0.25, 0.3) is 0 Å². The standard InChI is InChI=1S/C32H26O2/c33-31(28-14-8-3-9-15-28)32(34,29-20-16-26(17-21-29)24-10-4-1-5-11-24)30-22-18-27(19-23-30)25-12-6-2-7-13-25/h1-23,31,33-34H/t31-/m0/s1. The molecule has 0 spiro atoms. The first-order valence-electron chi connectivity index (χ1n) is 11.4. The molecule has 0 aliphatic rings. The van der Waals surface area contributed by atoms with E-state index in [-0.39, 0.29) is 0 Å². The van der Waals surface area contributed by atoms with Crippen molar-refractivity contribution in [1.29, 1.82) is 0 Å². The Morgan fingerprint density at radius 1 is 0.412 bits per heavy atom. The van der Waals surface area contributed by atoms with E-state index in [0.717, 1.165) is 22.3 Å². The zero-order chi connectivity index (χ0) is 23.4. The van der Waals surface area contributed by atoms with E-state index in [2.05, 4.69) is 24.3 Å². The van der Waals surface area contributed by atoms with Crippen molar-refractivity contribution < 1.29 is 10.2 Å². The fourth-order valence-corrected chi connectivity index (χ4v) is 4.45. The number of aliphatic hydroxyl groups is 2. The van der Waals surface area contributed by atoms with Gasteiger partial charge in [-0.2, -0.15) is 0 Å². The normalized spacial score (nSPS) is 12.3. The van der Waals surface area contributed by atoms with Crippen molar-refractivity contribution in [3.8, 4) is 22.3 Å². The maximum atomic E-state index is 12.1. The molecule has 0 aliphatic heterocycles. The highest BCUT2D eigenvalue weighted by Gasteiger charge is 2.40. The quantitative estimate of drug-likeness (QED) is 0.297. The summed E-state index contributed by atoms with van der Waals surface area (Å²) in [6, 6.07) is 45.1. The highest BCUT2D eigenvalue weighted by atomic mass is 16.3. The molecule has 0 unspecified atom stereocenters. The maximum absolute atomic E-state index is 12.1. The highest BCUT2D eigenvalue weighted by molar-refractivity contribution is 5.65. The van der Waals surface area contributed by atoms with E-state index in [1.165, 1.54) is 0 Å². The van der Waals surface area contributed by atoms with Gasteiger partial charge in [0, 0.05) is 0 Å². The fourth-order valence-electron chi connectivity index (χ4n) is 4.45. The lowest BCUT2D eigenvalue weighted by molar-refractivity contribution is -0.0517. The SMILES string of the molecule is O[C@@H](c1ccccc1)C(O)(c1ccc(-c2ccccc2)cc1)c1ccc(-c2ccccc2)cc1. The smallest absolute Gasteiger partial charge is 0.145 e. The summed E-state index contributed by atoms with van der Waals surface area (Å²) in [6.07, 6.45) is -1.14. The fraction of sp³-hybridized carbons (Fsp3) is 0.0625. The molecule has 0 saturated carbocycles.